The molecule has 0 N–H and O–H groups in total. The zero-order valence-electron chi connectivity index (χ0n) is 11.9. The maximum atomic E-state index is 12.5. The first-order valence-electron chi connectivity index (χ1n) is 7.05. The zero-order valence-corrected chi connectivity index (χ0v) is 13.5. The van der Waals surface area contributed by atoms with Gasteiger partial charge in [0, 0.05) is 37.6 Å². The van der Waals surface area contributed by atoms with Crippen LogP contribution in [-0.4, -0.2) is 47.8 Å². The molecule has 0 radical (unpaired) electrons. The van der Waals surface area contributed by atoms with Crippen LogP contribution in [0, 0.1) is 0 Å². The summed E-state index contributed by atoms with van der Waals surface area (Å²) in [7, 11) is 0. The van der Waals surface area contributed by atoms with Crippen LogP contribution in [0.4, 0.5) is 0 Å². The molecule has 1 saturated heterocycles. The average Bonchev–Trinajstić information content (AvgIpc) is 2.71. The van der Waals surface area contributed by atoms with Crippen molar-refractivity contribution < 1.29 is 9.59 Å². The Bertz CT molecular complexity index is 548. The summed E-state index contributed by atoms with van der Waals surface area (Å²) >= 11 is 11.9. The molecule has 2 rings (SSSR count). The van der Waals surface area contributed by atoms with Gasteiger partial charge in [-0.25, -0.2) is 0 Å². The van der Waals surface area contributed by atoms with E-state index in [9.17, 15) is 9.59 Å². The molecule has 0 saturated carbocycles. The molecule has 0 atom stereocenters. The maximum absolute atomic E-state index is 12.5. The van der Waals surface area contributed by atoms with Gasteiger partial charge in [0.05, 0.1) is 10.6 Å². The van der Waals surface area contributed by atoms with Crippen molar-refractivity contribution in [3.05, 3.63) is 33.8 Å². The highest BCUT2D eigenvalue weighted by molar-refractivity contribution is 6.36. The van der Waals surface area contributed by atoms with E-state index in [4.69, 9.17) is 23.2 Å². The minimum absolute atomic E-state index is 0.109. The Morgan fingerprint density at radius 2 is 1.76 bits per heavy atom. The van der Waals surface area contributed by atoms with Crippen molar-refractivity contribution in [2.45, 2.75) is 19.8 Å². The van der Waals surface area contributed by atoms with Crippen LogP contribution in [0.25, 0.3) is 0 Å². The quantitative estimate of drug-likeness (QED) is 0.837. The SMILES string of the molecule is CCC(=O)N1CCCN(C(=O)c2ccc(Cl)cc2Cl)CC1. The van der Waals surface area contributed by atoms with Crippen LogP contribution in [0.3, 0.4) is 0 Å². The van der Waals surface area contributed by atoms with Crippen molar-refractivity contribution in [3.8, 4) is 0 Å². The minimum Gasteiger partial charge on any atom is -0.341 e. The molecule has 114 valence electrons. The van der Waals surface area contributed by atoms with Crippen molar-refractivity contribution in [1.82, 2.24) is 9.80 Å². The molecule has 21 heavy (non-hydrogen) atoms. The van der Waals surface area contributed by atoms with Crippen LogP contribution >= 0.6 is 23.2 Å². The summed E-state index contributed by atoms with van der Waals surface area (Å²) in [5, 5.41) is 0.866. The number of hydrogen-bond acceptors (Lipinski definition) is 2. The number of rotatable bonds is 2. The number of amides is 2. The van der Waals surface area contributed by atoms with Crippen molar-refractivity contribution in [3.63, 3.8) is 0 Å². The van der Waals surface area contributed by atoms with Crippen LogP contribution in [0.15, 0.2) is 18.2 Å². The molecular formula is C15H18Cl2N2O2. The van der Waals surface area contributed by atoms with Gasteiger partial charge < -0.3 is 9.80 Å². The number of benzene rings is 1. The smallest absolute Gasteiger partial charge is 0.255 e. The molecular weight excluding hydrogens is 311 g/mol. The predicted molar refractivity (Wildman–Crippen MR) is 83.9 cm³/mol. The van der Waals surface area contributed by atoms with Crippen LogP contribution < -0.4 is 0 Å². The number of carbonyl (C=O) groups is 2. The van der Waals surface area contributed by atoms with Gasteiger partial charge in [0.1, 0.15) is 0 Å². The van der Waals surface area contributed by atoms with Crippen molar-refractivity contribution in [2.24, 2.45) is 0 Å². The molecule has 0 aromatic heterocycles. The third kappa shape index (κ3) is 3.89. The van der Waals surface area contributed by atoms with Gasteiger partial charge >= 0.3 is 0 Å². The highest BCUT2D eigenvalue weighted by Crippen LogP contribution is 2.22. The van der Waals surface area contributed by atoms with Gasteiger partial charge in [0.2, 0.25) is 5.91 Å². The molecule has 4 nitrogen and oxygen atoms in total. The molecule has 1 aromatic carbocycles. The summed E-state index contributed by atoms with van der Waals surface area (Å²) < 4.78 is 0. The summed E-state index contributed by atoms with van der Waals surface area (Å²) in [6.45, 7) is 4.28. The van der Waals surface area contributed by atoms with Gasteiger partial charge in [-0.15, -0.1) is 0 Å². The molecule has 1 aliphatic rings. The normalized spacial score (nSPS) is 15.8. The largest absolute Gasteiger partial charge is 0.341 e. The summed E-state index contributed by atoms with van der Waals surface area (Å²) in [5.41, 5.74) is 0.455. The Morgan fingerprint density at radius 1 is 1.10 bits per heavy atom. The molecule has 1 heterocycles. The van der Waals surface area contributed by atoms with E-state index in [-0.39, 0.29) is 11.8 Å². The van der Waals surface area contributed by atoms with Crippen LogP contribution in [-0.2, 0) is 4.79 Å². The lowest BCUT2D eigenvalue weighted by atomic mass is 10.2. The highest BCUT2D eigenvalue weighted by atomic mass is 35.5. The van der Waals surface area contributed by atoms with E-state index in [0.717, 1.165) is 6.42 Å². The first-order chi connectivity index (χ1) is 10.0. The predicted octanol–water partition coefficient (Wildman–Crippen LogP) is 3.08. The molecule has 0 unspecified atom stereocenters. The topological polar surface area (TPSA) is 40.6 Å². The summed E-state index contributed by atoms with van der Waals surface area (Å²) in [5.74, 6) is 0.0243. The van der Waals surface area contributed by atoms with Crippen molar-refractivity contribution in [1.29, 1.82) is 0 Å². The fraction of sp³-hybridized carbons (Fsp3) is 0.467. The van der Waals surface area contributed by atoms with E-state index < -0.39 is 0 Å². The van der Waals surface area contributed by atoms with Gasteiger partial charge in [-0.05, 0) is 24.6 Å². The molecule has 6 heteroatoms. The molecule has 1 aliphatic heterocycles. The van der Waals surface area contributed by atoms with Crippen molar-refractivity contribution >= 4 is 35.0 Å². The summed E-state index contributed by atoms with van der Waals surface area (Å²) in [4.78, 5) is 27.8. The molecule has 0 bridgehead atoms. The first kappa shape index (κ1) is 16.1. The summed E-state index contributed by atoms with van der Waals surface area (Å²) in [6.07, 6.45) is 1.28. The van der Waals surface area contributed by atoms with Gasteiger partial charge in [-0.1, -0.05) is 30.1 Å². The molecule has 1 aromatic rings. The molecule has 2 amide bonds. The lowest BCUT2D eigenvalue weighted by Gasteiger charge is -2.22. The Balaban J connectivity index is 2.08. The van der Waals surface area contributed by atoms with Crippen LogP contribution in [0.1, 0.15) is 30.1 Å². The van der Waals surface area contributed by atoms with Crippen LogP contribution in [0.2, 0.25) is 10.0 Å². The Labute approximate surface area is 134 Å². The van der Waals surface area contributed by atoms with Gasteiger partial charge in [-0.2, -0.15) is 0 Å². The van der Waals surface area contributed by atoms with Crippen molar-refractivity contribution in [2.75, 3.05) is 26.2 Å². The lowest BCUT2D eigenvalue weighted by Crippen LogP contribution is -2.37. The Morgan fingerprint density at radius 3 is 2.43 bits per heavy atom. The Kier molecular flexibility index (Phi) is 5.48. The fourth-order valence-corrected chi connectivity index (χ4v) is 2.92. The molecule has 0 spiro atoms. The van der Waals surface area contributed by atoms with Gasteiger partial charge in [0.15, 0.2) is 0 Å². The average molecular weight is 329 g/mol. The standard InChI is InChI=1S/C15H18Cl2N2O2/c1-2-14(20)18-6-3-7-19(9-8-18)15(21)12-5-4-11(16)10-13(12)17/h4-5,10H,2-3,6-9H2,1H3. The van der Waals surface area contributed by atoms with Gasteiger partial charge in [-0.3, -0.25) is 9.59 Å². The monoisotopic (exact) mass is 328 g/mol. The second-order valence-corrected chi connectivity index (χ2v) is 5.85. The maximum Gasteiger partial charge on any atom is 0.255 e. The number of hydrogen-bond donors (Lipinski definition) is 0. The number of nitrogens with zero attached hydrogens (tertiary/aromatic N) is 2. The Hall–Kier alpha value is -1.26. The van der Waals surface area contributed by atoms with Gasteiger partial charge in [0.25, 0.3) is 5.91 Å². The molecule has 0 aliphatic carbocycles. The second-order valence-electron chi connectivity index (χ2n) is 5.00. The van der Waals surface area contributed by atoms with E-state index in [1.54, 1.807) is 23.1 Å². The number of halogens is 2. The van der Waals surface area contributed by atoms with E-state index in [2.05, 4.69) is 0 Å². The molecule has 1 fully saturated rings. The van der Waals surface area contributed by atoms with E-state index in [1.165, 1.54) is 0 Å². The fourth-order valence-electron chi connectivity index (χ4n) is 2.43. The lowest BCUT2D eigenvalue weighted by molar-refractivity contribution is -0.130. The van der Waals surface area contributed by atoms with E-state index in [1.807, 2.05) is 11.8 Å². The minimum atomic E-state index is -0.109. The van der Waals surface area contributed by atoms with E-state index in [0.29, 0.717) is 48.2 Å². The third-order valence-corrected chi connectivity index (χ3v) is 4.15. The third-order valence-electron chi connectivity index (χ3n) is 3.60. The second kappa shape index (κ2) is 7.14. The summed E-state index contributed by atoms with van der Waals surface area (Å²) in [6, 6.07) is 4.87. The first-order valence-corrected chi connectivity index (χ1v) is 7.80. The number of carbonyl (C=O) groups excluding carboxylic acids is 2. The van der Waals surface area contributed by atoms with E-state index >= 15 is 0 Å². The highest BCUT2D eigenvalue weighted by Gasteiger charge is 2.23. The zero-order chi connectivity index (χ0) is 15.4. The van der Waals surface area contributed by atoms with Crippen LogP contribution in [0.5, 0.6) is 0 Å².